The van der Waals surface area contributed by atoms with Crippen LogP contribution in [0.5, 0.6) is 0 Å². The maximum atomic E-state index is 12.5. The molecule has 4 nitrogen and oxygen atoms in total. The molecular weight excluding hydrogens is 214 g/mol. The number of nitrogens with one attached hydrogen (secondary N) is 2. The van der Waals surface area contributed by atoms with Gasteiger partial charge in [0.1, 0.15) is 0 Å². The maximum absolute atomic E-state index is 12.5. The summed E-state index contributed by atoms with van der Waals surface area (Å²) in [6.45, 7) is 6.85. The van der Waals surface area contributed by atoms with Crippen LogP contribution >= 0.6 is 0 Å². The van der Waals surface area contributed by atoms with Crippen LogP contribution in [0.25, 0.3) is 0 Å². The molecule has 1 unspecified atom stereocenters. The van der Waals surface area contributed by atoms with Crippen molar-refractivity contribution >= 4 is 5.91 Å². The summed E-state index contributed by atoms with van der Waals surface area (Å²) in [7, 11) is 0. The molecule has 2 heterocycles. The fraction of sp³-hybridized carbons (Fsp3) is 0.615. The first kappa shape index (κ1) is 12.2. The van der Waals surface area contributed by atoms with E-state index in [2.05, 4.69) is 17.2 Å². The highest BCUT2D eigenvalue weighted by Gasteiger charge is 2.27. The van der Waals surface area contributed by atoms with Crippen LogP contribution in [-0.4, -0.2) is 41.5 Å². The summed E-state index contributed by atoms with van der Waals surface area (Å²) in [5.74, 6) is 0.166. The Morgan fingerprint density at radius 2 is 2.41 bits per heavy atom. The van der Waals surface area contributed by atoms with E-state index in [1.807, 2.05) is 24.1 Å². The van der Waals surface area contributed by atoms with Crippen molar-refractivity contribution in [2.75, 3.05) is 19.6 Å². The van der Waals surface area contributed by atoms with Crippen molar-refractivity contribution in [2.24, 2.45) is 0 Å². The quantitative estimate of drug-likeness (QED) is 0.831. The molecule has 1 aromatic heterocycles. The Kier molecular flexibility index (Phi) is 3.84. The van der Waals surface area contributed by atoms with Crippen molar-refractivity contribution < 1.29 is 4.79 Å². The number of aromatic nitrogens is 1. The highest BCUT2D eigenvalue weighted by molar-refractivity contribution is 5.95. The van der Waals surface area contributed by atoms with Crippen LogP contribution < -0.4 is 5.32 Å². The van der Waals surface area contributed by atoms with Gasteiger partial charge in [-0.2, -0.15) is 0 Å². The van der Waals surface area contributed by atoms with Gasteiger partial charge in [-0.05, 0) is 32.4 Å². The Balaban J connectivity index is 2.15. The fourth-order valence-corrected chi connectivity index (χ4v) is 2.44. The first-order chi connectivity index (χ1) is 8.24. The lowest BCUT2D eigenvalue weighted by molar-refractivity contribution is 0.0691. The summed E-state index contributed by atoms with van der Waals surface area (Å²) in [5.41, 5.74) is 1.77. The molecule has 1 saturated heterocycles. The predicted octanol–water partition coefficient (Wildman–Crippen LogP) is 1.54. The van der Waals surface area contributed by atoms with E-state index >= 15 is 0 Å². The average molecular weight is 235 g/mol. The molecule has 0 saturated carbocycles. The van der Waals surface area contributed by atoms with Crippen LogP contribution in [0, 0.1) is 6.92 Å². The van der Waals surface area contributed by atoms with E-state index in [-0.39, 0.29) is 5.91 Å². The van der Waals surface area contributed by atoms with Crippen LogP contribution in [0.4, 0.5) is 0 Å². The van der Waals surface area contributed by atoms with Gasteiger partial charge in [0.05, 0.1) is 5.56 Å². The van der Waals surface area contributed by atoms with E-state index in [0.717, 1.165) is 43.7 Å². The molecule has 0 aromatic carbocycles. The Morgan fingerprint density at radius 1 is 1.59 bits per heavy atom. The molecule has 1 fully saturated rings. The topological polar surface area (TPSA) is 48.1 Å². The Morgan fingerprint density at radius 3 is 2.94 bits per heavy atom. The van der Waals surface area contributed by atoms with E-state index in [1.165, 1.54) is 0 Å². The number of H-pyrrole nitrogens is 1. The zero-order chi connectivity index (χ0) is 12.3. The number of nitrogens with zero attached hydrogens (tertiary/aromatic N) is 1. The lowest BCUT2D eigenvalue weighted by Crippen LogP contribution is -2.42. The molecule has 0 radical (unpaired) electrons. The molecule has 17 heavy (non-hydrogen) atoms. The molecule has 4 heteroatoms. The zero-order valence-electron chi connectivity index (χ0n) is 10.6. The molecule has 0 aliphatic carbocycles. The molecule has 2 rings (SSSR count). The summed E-state index contributed by atoms with van der Waals surface area (Å²) in [6, 6.07) is 2.24. The zero-order valence-corrected chi connectivity index (χ0v) is 10.6. The Bertz CT molecular complexity index is 380. The molecular formula is C13H21N3O. The Hall–Kier alpha value is -1.29. The molecule has 94 valence electrons. The highest BCUT2D eigenvalue weighted by Crippen LogP contribution is 2.15. The Labute approximate surface area is 102 Å². The van der Waals surface area contributed by atoms with Gasteiger partial charge in [0.2, 0.25) is 0 Å². The van der Waals surface area contributed by atoms with Crippen molar-refractivity contribution in [2.45, 2.75) is 32.7 Å². The third-order valence-corrected chi connectivity index (χ3v) is 3.38. The van der Waals surface area contributed by atoms with Crippen molar-refractivity contribution in [3.05, 3.63) is 23.5 Å². The molecule has 1 amide bonds. The standard InChI is InChI=1S/C13H21N3O/c1-3-8-16(11-4-6-14-9-11)13(17)12-5-7-15-10(12)2/h5,7,11,14-15H,3-4,6,8-9H2,1-2H3. The van der Waals surface area contributed by atoms with Crippen LogP contribution in [0.15, 0.2) is 12.3 Å². The van der Waals surface area contributed by atoms with Crippen LogP contribution in [-0.2, 0) is 0 Å². The van der Waals surface area contributed by atoms with Gasteiger partial charge < -0.3 is 15.2 Å². The first-order valence-electron chi connectivity index (χ1n) is 6.39. The monoisotopic (exact) mass is 235 g/mol. The lowest BCUT2D eigenvalue weighted by Gasteiger charge is -2.28. The third kappa shape index (κ3) is 2.52. The normalized spacial score (nSPS) is 19.5. The van der Waals surface area contributed by atoms with Gasteiger partial charge in [0, 0.05) is 31.0 Å². The number of aromatic amines is 1. The lowest BCUT2D eigenvalue weighted by atomic mass is 10.1. The second-order valence-electron chi connectivity index (χ2n) is 4.66. The highest BCUT2D eigenvalue weighted by atomic mass is 16.2. The first-order valence-corrected chi connectivity index (χ1v) is 6.39. The molecule has 1 aliphatic heterocycles. The number of amides is 1. The molecule has 1 aromatic rings. The number of carbonyl (C=O) groups excluding carboxylic acids is 1. The van der Waals surface area contributed by atoms with Gasteiger partial charge in [-0.1, -0.05) is 6.92 Å². The molecule has 1 aliphatic rings. The van der Waals surface area contributed by atoms with E-state index in [1.54, 1.807) is 0 Å². The maximum Gasteiger partial charge on any atom is 0.255 e. The largest absolute Gasteiger partial charge is 0.365 e. The van der Waals surface area contributed by atoms with Gasteiger partial charge in [-0.25, -0.2) is 0 Å². The van der Waals surface area contributed by atoms with E-state index in [9.17, 15) is 4.79 Å². The summed E-state index contributed by atoms with van der Waals surface area (Å²) >= 11 is 0. The van der Waals surface area contributed by atoms with Gasteiger partial charge in [0.25, 0.3) is 5.91 Å². The summed E-state index contributed by atoms with van der Waals surface area (Å²) in [5, 5.41) is 3.32. The van der Waals surface area contributed by atoms with Crippen molar-refractivity contribution in [3.8, 4) is 0 Å². The molecule has 0 bridgehead atoms. The minimum absolute atomic E-state index is 0.166. The molecule has 0 spiro atoms. The van der Waals surface area contributed by atoms with Gasteiger partial charge >= 0.3 is 0 Å². The molecule has 1 atom stereocenters. The number of carbonyl (C=O) groups is 1. The summed E-state index contributed by atoms with van der Waals surface area (Å²) < 4.78 is 0. The van der Waals surface area contributed by atoms with Crippen LogP contribution in [0.1, 0.15) is 35.8 Å². The summed E-state index contributed by atoms with van der Waals surface area (Å²) in [6.07, 6.45) is 3.90. The minimum Gasteiger partial charge on any atom is -0.365 e. The van der Waals surface area contributed by atoms with Crippen LogP contribution in [0.2, 0.25) is 0 Å². The number of hydrogen-bond acceptors (Lipinski definition) is 2. The number of rotatable bonds is 4. The van der Waals surface area contributed by atoms with Gasteiger partial charge in [-0.3, -0.25) is 4.79 Å². The smallest absolute Gasteiger partial charge is 0.255 e. The van der Waals surface area contributed by atoms with E-state index in [0.29, 0.717) is 6.04 Å². The fourth-order valence-electron chi connectivity index (χ4n) is 2.44. The second-order valence-corrected chi connectivity index (χ2v) is 4.66. The van der Waals surface area contributed by atoms with Crippen molar-refractivity contribution in [1.29, 1.82) is 0 Å². The summed E-state index contributed by atoms with van der Waals surface area (Å²) in [4.78, 5) is 17.6. The van der Waals surface area contributed by atoms with E-state index in [4.69, 9.17) is 0 Å². The van der Waals surface area contributed by atoms with Gasteiger partial charge in [-0.15, -0.1) is 0 Å². The van der Waals surface area contributed by atoms with Crippen molar-refractivity contribution in [1.82, 2.24) is 15.2 Å². The van der Waals surface area contributed by atoms with Crippen molar-refractivity contribution in [3.63, 3.8) is 0 Å². The predicted molar refractivity (Wildman–Crippen MR) is 68.1 cm³/mol. The SMILES string of the molecule is CCCN(C(=O)c1cc[nH]c1C)C1CCNC1. The third-order valence-electron chi connectivity index (χ3n) is 3.38. The second kappa shape index (κ2) is 5.36. The van der Waals surface area contributed by atoms with E-state index < -0.39 is 0 Å². The van der Waals surface area contributed by atoms with Gasteiger partial charge in [0.15, 0.2) is 0 Å². The number of aryl methyl sites for hydroxylation is 1. The average Bonchev–Trinajstić information content (AvgIpc) is 2.95. The molecule has 2 N–H and O–H groups in total. The minimum atomic E-state index is 0.166. The number of hydrogen-bond donors (Lipinski definition) is 2. The van der Waals surface area contributed by atoms with Crippen LogP contribution in [0.3, 0.4) is 0 Å².